The topological polar surface area (TPSA) is 29.5 Å². The van der Waals surface area contributed by atoms with Gasteiger partial charge in [-0.05, 0) is 30.0 Å². The molecule has 102 valence electrons. The van der Waals surface area contributed by atoms with Crippen molar-refractivity contribution in [2.24, 2.45) is 5.41 Å². The summed E-state index contributed by atoms with van der Waals surface area (Å²) in [6.45, 7) is 8.56. The molecule has 0 spiro atoms. The van der Waals surface area contributed by atoms with Crippen molar-refractivity contribution >= 4 is 0 Å². The van der Waals surface area contributed by atoms with E-state index in [2.05, 4.69) is 0 Å². The van der Waals surface area contributed by atoms with Crippen LogP contribution in [0.15, 0.2) is 24.3 Å². The van der Waals surface area contributed by atoms with E-state index in [9.17, 15) is 9.50 Å². The zero-order chi connectivity index (χ0) is 13.8. The van der Waals surface area contributed by atoms with Crippen molar-refractivity contribution in [2.75, 3.05) is 6.61 Å². The van der Waals surface area contributed by atoms with Gasteiger partial charge in [0.2, 0.25) is 0 Å². The van der Waals surface area contributed by atoms with Gasteiger partial charge in [0.25, 0.3) is 0 Å². The predicted molar refractivity (Wildman–Crippen MR) is 71.0 cm³/mol. The standard InChI is InChI=1S/C15H23FO2/c1-5-18-14(15(2,3)4)13(17)10-11-7-6-8-12(16)9-11/h6-9,13-14,17H,5,10H2,1-4H3. The first-order valence-electron chi connectivity index (χ1n) is 6.38. The van der Waals surface area contributed by atoms with E-state index in [1.54, 1.807) is 6.07 Å². The zero-order valence-electron chi connectivity index (χ0n) is 11.6. The van der Waals surface area contributed by atoms with Gasteiger partial charge in [-0.25, -0.2) is 4.39 Å². The Balaban J connectivity index is 2.75. The summed E-state index contributed by atoms with van der Waals surface area (Å²) in [6.07, 6.45) is -0.489. The van der Waals surface area contributed by atoms with Crippen LogP contribution in [0.2, 0.25) is 0 Å². The summed E-state index contributed by atoms with van der Waals surface area (Å²) in [5.41, 5.74) is 0.638. The van der Waals surface area contributed by atoms with Crippen molar-refractivity contribution in [2.45, 2.75) is 46.3 Å². The second kappa shape index (κ2) is 6.30. The first kappa shape index (κ1) is 15.1. The summed E-state index contributed by atoms with van der Waals surface area (Å²) >= 11 is 0. The summed E-state index contributed by atoms with van der Waals surface area (Å²) in [6, 6.07) is 6.33. The Morgan fingerprint density at radius 1 is 1.33 bits per heavy atom. The summed E-state index contributed by atoms with van der Waals surface area (Å²) in [7, 11) is 0. The Morgan fingerprint density at radius 3 is 2.50 bits per heavy atom. The molecule has 2 unspecified atom stereocenters. The molecule has 2 atom stereocenters. The lowest BCUT2D eigenvalue weighted by Crippen LogP contribution is -2.41. The number of hydrogen-bond acceptors (Lipinski definition) is 2. The smallest absolute Gasteiger partial charge is 0.123 e. The maximum Gasteiger partial charge on any atom is 0.123 e. The summed E-state index contributed by atoms with van der Waals surface area (Å²) < 4.78 is 18.7. The Bertz CT molecular complexity index is 371. The van der Waals surface area contributed by atoms with E-state index in [4.69, 9.17) is 4.74 Å². The van der Waals surface area contributed by atoms with Crippen molar-refractivity contribution in [1.82, 2.24) is 0 Å². The highest BCUT2D eigenvalue weighted by Gasteiger charge is 2.31. The fourth-order valence-electron chi connectivity index (χ4n) is 2.13. The fraction of sp³-hybridized carbons (Fsp3) is 0.600. The van der Waals surface area contributed by atoms with Crippen LogP contribution in [-0.2, 0) is 11.2 Å². The minimum atomic E-state index is -0.633. The zero-order valence-corrected chi connectivity index (χ0v) is 11.6. The molecular weight excluding hydrogens is 231 g/mol. The predicted octanol–water partition coefficient (Wildman–Crippen LogP) is 3.18. The number of ether oxygens (including phenoxy) is 1. The molecule has 3 heteroatoms. The second-order valence-electron chi connectivity index (χ2n) is 5.64. The first-order valence-corrected chi connectivity index (χ1v) is 6.38. The molecular formula is C15H23FO2. The third-order valence-electron chi connectivity index (χ3n) is 2.88. The molecule has 1 N–H and O–H groups in total. The third kappa shape index (κ3) is 4.39. The van der Waals surface area contributed by atoms with E-state index < -0.39 is 6.10 Å². The highest BCUT2D eigenvalue weighted by Crippen LogP contribution is 2.26. The second-order valence-corrected chi connectivity index (χ2v) is 5.64. The van der Waals surface area contributed by atoms with Crippen molar-refractivity contribution in [3.8, 4) is 0 Å². The monoisotopic (exact) mass is 254 g/mol. The van der Waals surface area contributed by atoms with E-state index in [0.29, 0.717) is 13.0 Å². The minimum Gasteiger partial charge on any atom is -0.390 e. The minimum absolute atomic E-state index is 0.150. The van der Waals surface area contributed by atoms with Crippen molar-refractivity contribution in [1.29, 1.82) is 0 Å². The Kier molecular flexibility index (Phi) is 5.29. The maximum absolute atomic E-state index is 13.1. The van der Waals surface area contributed by atoms with E-state index in [-0.39, 0.29) is 17.3 Å². The average Bonchev–Trinajstić information content (AvgIpc) is 2.24. The van der Waals surface area contributed by atoms with Crippen molar-refractivity contribution < 1.29 is 14.2 Å². The van der Waals surface area contributed by atoms with Crippen LogP contribution in [0.3, 0.4) is 0 Å². The quantitative estimate of drug-likeness (QED) is 0.874. The molecule has 0 aliphatic rings. The van der Waals surface area contributed by atoms with Crippen LogP contribution in [0.5, 0.6) is 0 Å². The molecule has 0 amide bonds. The summed E-state index contributed by atoms with van der Waals surface area (Å²) in [4.78, 5) is 0. The van der Waals surface area contributed by atoms with E-state index >= 15 is 0 Å². The first-order chi connectivity index (χ1) is 8.34. The van der Waals surface area contributed by atoms with Gasteiger partial charge < -0.3 is 9.84 Å². The molecule has 1 aromatic rings. The number of aliphatic hydroxyl groups excluding tert-OH is 1. The van der Waals surface area contributed by atoms with Gasteiger partial charge in [0.1, 0.15) is 5.82 Å². The van der Waals surface area contributed by atoms with Crippen molar-refractivity contribution in [3.63, 3.8) is 0 Å². The molecule has 0 heterocycles. The highest BCUT2D eigenvalue weighted by molar-refractivity contribution is 5.17. The molecule has 0 bridgehead atoms. The Hall–Kier alpha value is -0.930. The van der Waals surface area contributed by atoms with E-state index in [0.717, 1.165) is 5.56 Å². The Labute approximate surface area is 109 Å². The largest absolute Gasteiger partial charge is 0.390 e. The highest BCUT2D eigenvalue weighted by atomic mass is 19.1. The Morgan fingerprint density at radius 2 is 2.00 bits per heavy atom. The van der Waals surface area contributed by atoms with Crippen LogP contribution in [0, 0.1) is 11.2 Å². The van der Waals surface area contributed by atoms with Crippen molar-refractivity contribution in [3.05, 3.63) is 35.6 Å². The lowest BCUT2D eigenvalue weighted by atomic mass is 9.83. The number of benzene rings is 1. The molecule has 0 aliphatic heterocycles. The summed E-state index contributed by atoms with van der Waals surface area (Å²) in [5.74, 6) is -0.275. The van der Waals surface area contributed by atoms with Gasteiger partial charge in [0, 0.05) is 13.0 Å². The summed E-state index contributed by atoms with van der Waals surface area (Å²) in [5, 5.41) is 10.3. The number of aliphatic hydroxyl groups is 1. The van der Waals surface area contributed by atoms with Gasteiger partial charge in [-0.2, -0.15) is 0 Å². The van der Waals surface area contributed by atoms with Gasteiger partial charge in [-0.3, -0.25) is 0 Å². The van der Waals surface area contributed by atoms with Gasteiger partial charge >= 0.3 is 0 Å². The molecule has 18 heavy (non-hydrogen) atoms. The average molecular weight is 254 g/mol. The van der Waals surface area contributed by atoms with Gasteiger partial charge in [-0.1, -0.05) is 32.9 Å². The van der Waals surface area contributed by atoms with Crippen LogP contribution in [0.1, 0.15) is 33.3 Å². The molecule has 0 aromatic heterocycles. The van der Waals surface area contributed by atoms with Crippen LogP contribution >= 0.6 is 0 Å². The number of rotatable bonds is 5. The maximum atomic E-state index is 13.1. The molecule has 0 saturated carbocycles. The van der Waals surface area contributed by atoms with Gasteiger partial charge in [0.05, 0.1) is 12.2 Å². The van der Waals surface area contributed by atoms with Crippen LogP contribution in [0.25, 0.3) is 0 Å². The lowest BCUT2D eigenvalue weighted by Gasteiger charge is -2.34. The molecule has 0 aliphatic carbocycles. The fourth-order valence-corrected chi connectivity index (χ4v) is 2.13. The number of halogens is 1. The van der Waals surface area contributed by atoms with Crippen LogP contribution in [0.4, 0.5) is 4.39 Å². The third-order valence-corrected chi connectivity index (χ3v) is 2.88. The molecule has 0 fully saturated rings. The lowest BCUT2D eigenvalue weighted by molar-refractivity contribution is -0.0873. The van der Waals surface area contributed by atoms with Crippen LogP contribution in [-0.4, -0.2) is 23.9 Å². The SMILES string of the molecule is CCOC(C(O)Cc1cccc(F)c1)C(C)(C)C. The molecule has 0 saturated heterocycles. The number of hydrogen-bond donors (Lipinski definition) is 1. The normalized spacial score (nSPS) is 15.4. The molecule has 2 nitrogen and oxygen atoms in total. The molecule has 0 radical (unpaired) electrons. The van der Waals surface area contributed by atoms with Gasteiger partial charge in [-0.15, -0.1) is 0 Å². The molecule has 1 rings (SSSR count). The van der Waals surface area contributed by atoms with E-state index in [1.165, 1.54) is 12.1 Å². The van der Waals surface area contributed by atoms with Gasteiger partial charge in [0.15, 0.2) is 0 Å². The van der Waals surface area contributed by atoms with E-state index in [1.807, 2.05) is 33.8 Å². The van der Waals surface area contributed by atoms with Crippen LogP contribution < -0.4 is 0 Å². The molecule has 1 aromatic carbocycles.